The molecular formula is C25H18Cl3N5O. The summed E-state index contributed by atoms with van der Waals surface area (Å²) in [4.78, 5) is 16.5. The van der Waals surface area contributed by atoms with E-state index in [2.05, 4.69) is 10.3 Å². The summed E-state index contributed by atoms with van der Waals surface area (Å²) in [5.74, 6) is 0. The summed E-state index contributed by atoms with van der Waals surface area (Å²) in [6, 6.07) is 19.8. The molecule has 0 saturated carbocycles. The van der Waals surface area contributed by atoms with Crippen molar-refractivity contribution in [2.45, 2.75) is 4.87 Å². The molecule has 0 radical (unpaired) electrons. The van der Waals surface area contributed by atoms with Gasteiger partial charge in [-0.05, 0) is 47.5 Å². The number of nitrogens with zero attached hydrogens (tertiary/aromatic N) is 5. The highest BCUT2D eigenvalue weighted by atomic mass is 35.5. The number of halogens is 3. The second-order valence-corrected chi connectivity index (χ2v) is 9.38. The first-order valence-corrected chi connectivity index (χ1v) is 11.5. The maximum Gasteiger partial charge on any atom is 0.251 e. The summed E-state index contributed by atoms with van der Waals surface area (Å²) in [5.41, 5.74) is 4.54. The molecule has 0 spiro atoms. The lowest BCUT2D eigenvalue weighted by Gasteiger charge is -2.27. The zero-order chi connectivity index (χ0) is 24.0. The monoisotopic (exact) mass is 509 g/mol. The van der Waals surface area contributed by atoms with Crippen LogP contribution in [0.2, 0.25) is 10.0 Å². The van der Waals surface area contributed by atoms with Crippen molar-refractivity contribution in [2.75, 3.05) is 0 Å². The lowest BCUT2D eigenvalue weighted by molar-refractivity contribution is 0.643. The van der Waals surface area contributed by atoms with Crippen molar-refractivity contribution < 1.29 is 0 Å². The Morgan fingerprint density at radius 2 is 1.68 bits per heavy atom. The standard InChI is InChI=1S/C25H18Cl3N5O/c1-32-20-10-11-21(30-24(20)19(13-23(32)34)15-4-3-5-18(27)12-15)25(28,22-14-29-31-33(22)2)16-6-8-17(26)9-7-16/h3-14H,1-2H3. The van der Waals surface area contributed by atoms with Crippen LogP contribution in [0.25, 0.3) is 22.2 Å². The lowest BCUT2D eigenvalue weighted by Crippen LogP contribution is -2.27. The number of hydrogen-bond donors (Lipinski definition) is 0. The molecule has 34 heavy (non-hydrogen) atoms. The SMILES string of the molecule is Cn1nncc1C(Cl)(c1ccc(Cl)cc1)c1ccc2c(n1)c(-c1cccc(Cl)c1)cc(=O)n2C. The fourth-order valence-corrected chi connectivity index (χ4v) is 4.82. The minimum Gasteiger partial charge on any atom is -0.310 e. The van der Waals surface area contributed by atoms with E-state index in [-0.39, 0.29) is 5.56 Å². The van der Waals surface area contributed by atoms with Gasteiger partial charge in [-0.3, -0.25) is 4.79 Å². The number of rotatable bonds is 4. The summed E-state index contributed by atoms with van der Waals surface area (Å²) >= 11 is 19.8. The maximum absolute atomic E-state index is 12.7. The number of alkyl halides is 1. The van der Waals surface area contributed by atoms with Crippen LogP contribution in [0, 0.1) is 0 Å². The van der Waals surface area contributed by atoms with Crippen LogP contribution in [0.5, 0.6) is 0 Å². The Balaban J connectivity index is 1.84. The summed E-state index contributed by atoms with van der Waals surface area (Å²) in [6.07, 6.45) is 1.62. The van der Waals surface area contributed by atoms with E-state index in [4.69, 9.17) is 39.8 Å². The largest absolute Gasteiger partial charge is 0.310 e. The highest BCUT2D eigenvalue weighted by Gasteiger charge is 2.39. The third-order valence-corrected chi connectivity index (χ3v) is 6.98. The van der Waals surface area contributed by atoms with Crippen molar-refractivity contribution in [1.82, 2.24) is 24.5 Å². The summed E-state index contributed by atoms with van der Waals surface area (Å²) in [5, 5.41) is 9.28. The highest BCUT2D eigenvalue weighted by Crippen LogP contribution is 2.43. The molecule has 170 valence electrons. The quantitative estimate of drug-likeness (QED) is 0.297. The molecule has 9 heteroatoms. The highest BCUT2D eigenvalue weighted by molar-refractivity contribution is 6.31. The van der Waals surface area contributed by atoms with Crippen molar-refractivity contribution in [3.63, 3.8) is 0 Å². The van der Waals surface area contributed by atoms with Crippen molar-refractivity contribution >= 4 is 45.8 Å². The van der Waals surface area contributed by atoms with Crippen LogP contribution in [0.4, 0.5) is 0 Å². The average molecular weight is 511 g/mol. The first-order valence-electron chi connectivity index (χ1n) is 10.4. The number of benzene rings is 2. The molecule has 6 nitrogen and oxygen atoms in total. The van der Waals surface area contributed by atoms with Crippen molar-refractivity contribution in [1.29, 1.82) is 0 Å². The van der Waals surface area contributed by atoms with Crippen LogP contribution in [0.15, 0.2) is 77.7 Å². The van der Waals surface area contributed by atoms with Gasteiger partial charge < -0.3 is 4.57 Å². The molecule has 0 saturated heterocycles. The minimum absolute atomic E-state index is 0.150. The average Bonchev–Trinajstić information content (AvgIpc) is 3.27. The normalized spacial score (nSPS) is 13.2. The first kappa shape index (κ1) is 22.6. The van der Waals surface area contributed by atoms with Crippen LogP contribution in [-0.2, 0) is 19.0 Å². The van der Waals surface area contributed by atoms with Crippen LogP contribution < -0.4 is 5.56 Å². The second-order valence-electron chi connectivity index (χ2n) is 7.94. The zero-order valence-electron chi connectivity index (χ0n) is 18.2. The van der Waals surface area contributed by atoms with Crippen LogP contribution in [0.3, 0.4) is 0 Å². The van der Waals surface area contributed by atoms with Crippen LogP contribution in [-0.4, -0.2) is 24.5 Å². The van der Waals surface area contributed by atoms with Gasteiger partial charge in [0.15, 0.2) is 4.87 Å². The Kier molecular flexibility index (Phi) is 5.68. The molecule has 1 atom stereocenters. The Bertz CT molecular complexity index is 1590. The second kappa shape index (κ2) is 8.55. The predicted molar refractivity (Wildman–Crippen MR) is 136 cm³/mol. The van der Waals surface area contributed by atoms with Gasteiger partial charge in [-0.2, -0.15) is 0 Å². The van der Waals surface area contributed by atoms with Gasteiger partial charge in [0.25, 0.3) is 5.56 Å². The fraction of sp³-hybridized carbons (Fsp3) is 0.120. The van der Waals surface area contributed by atoms with E-state index in [0.29, 0.717) is 38.0 Å². The molecular weight excluding hydrogens is 493 g/mol. The van der Waals surface area contributed by atoms with Crippen LogP contribution >= 0.6 is 34.8 Å². The summed E-state index contributed by atoms with van der Waals surface area (Å²) in [6.45, 7) is 0. The van der Waals surface area contributed by atoms with Gasteiger partial charge in [-0.25, -0.2) is 9.67 Å². The van der Waals surface area contributed by atoms with Gasteiger partial charge in [0.05, 0.1) is 28.6 Å². The Morgan fingerprint density at radius 1 is 0.912 bits per heavy atom. The third kappa shape index (κ3) is 3.68. The van der Waals surface area contributed by atoms with Gasteiger partial charge in [0.1, 0.15) is 0 Å². The van der Waals surface area contributed by atoms with E-state index >= 15 is 0 Å². The van der Waals surface area contributed by atoms with Gasteiger partial charge in [0.2, 0.25) is 0 Å². The molecule has 2 aromatic carbocycles. The number of pyridine rings is 2. The molecule has 0 amide bonds. The molecule has 0 aliphatic rings. The Labute approximate surface area is 210 Å². The number of aryl methyl sites for hydroxylation is 2. The van der Waals surface area contributed by atoms with E-state index in [1.54, 1.807) is 53.8 Å². The molecule has 1 unspecified atom stereocenters. The first-order chi connectivity index (χ1) is 16.3. The van der Waals surface area contributed by atoms with Crippen LogP contribution in [0.1, 0.15) is 17.0 Å². The van der Waals surface area contributed by atoms with E-state index < -0.39 is 4.87 Å². The van der Waals surface area contributed by atoms with E-state index in [9.17, 15) is 4.79 Å². The van der Waals surface area contributed by atoms with Gasteiger partial charge >= 0.3 is 0 Å². The smallest absolute Gasteiger partial charge is 0.251 e. The summed E-state index contributed by atoms with van der Waals surface area (Å²) < 4.78 is 3.18. The van der Waals surface area contributed by atoms with Crippen molar-refractivity contribution in [3.05, 3.63) is 110 Å². The van der Waals surface area contributed by atoms with Gasteiger partial charge in [0, 0.05) is 35.8 Å². The number of aromatic nitrogens is 5. The Morgan fingerprint density at radius 3 is 2.35 bits per heavy atom. The third-order valence-electron chi connectivity index (χ3n) is 5.89. The Hall–Kier alpha value is -3.19. The molecule has 0 aliphatic heterocycles. The molecule has 0 fully saturated rings. The van der Waals surface area contributed by atoms with E-state index in [1.165, 1.54) is 0 Å². The number of hydrogen-bond acceptors (Lipinski definition) is 4. The number of fused-ring (bicyclic) bond motifs is 1. The van der Waals surface area contributed by atoms with Crippen molar-refractivity contribution in [3.8, 4) is 11.1 Å². The molecule has 0 aliphatic carbocycles. The zero-order valence-corrected chi connectivity index (χ0v) is 20.5. The van der Waals surface area contributed by atoms with Gasteiger partial charge in [-0.15, -0.1) is 16.7 Å². The van der Waals surface area contributed by atoms with Gasteiger partial charge in [-0.1, -0.05) is 52.7 Å². The minimum atomic E-state index is -1.21. The fourth-order valence-electron chi connectivity index (χ4n) is 4.10. The predicted octanol–water partition coefficient (Wildman–Crippen LogP) is 5.57. The molecule has 5 aromatic rings. The molecule has 0 bridgehead atoms. The molecule has 5 rings (SSSR count). The van der Waals surface area contributed by atoms with E-state index in [1.807, 2.05) is 42.5 Å². The van der Waals surface area contributed by atoms with E-state index in [0.717, 1.165) is 11.1 Å². The van der Waals surface area contributed by atoms with Crippen molar-refractivity contribution in [2.24, 2.45) is 14.1 Å². The molecule has 3 aromatic heterocycles. The molecule has 0 N–H and O–H groups in total. The topological polar surface area (TPSA) is 65.6 Å². The lowest BCUT2D eigenvalue weighted by atomic mass is 9.90. The maximum atomic E-state index is 12.7. The molecule has 3 heterocycles. The summed E-state index contributed by atoms with van der Waals surface area (Å²) in [7, 11) is 3.49.